The minimum Gasteiger partial charge on any atom is -0.333 e. The van der Waals surface area contributed by atoms with E-state index in [1.54, 1.807) is 30.3 Å². The molecule has 1 aliphatic heterocycles. The van der Waals surface area contributed by atoms with Crippen molar-refractivity contribution in [2.75, 3.05) is 10.8 Å². The minimum atomic E-state index is -4.17. The Labute approximate surface area is 252 Å². The van der Waals surface area contributed by atoms with Gasteiger partial charge in [-0.15, -0.1) is 0 Å². The van der Waals surface area contributed by atoms with Crippen LogP contribution in [0, 0.1) is 6.92 Å². The Morgan fingerprint density at radius 1 is 0.927 bits per heavy atom. The molecule has 4 aromatic rings. The van der Waals surface area contributed by atoms with Crippen molar-refractivity contribution < 1.29 is 13.2 Å². The number of carbonyl (C=O) groups excluding carboxylic acids is 1. The summed E-state index contributed by atoms with van der Waals surface area (Å²) in [4.78, 5) is 15.6. The van der Waals surface area contributed by atoms with E-state index in [4.69, 9.17) is 23.2 Å². The van der Waals surface area contributed by atoms with Crippen LogP contribution in [0.5, 0.6) is 0 Å². The van der Waals surface area contributed by atoms with E-state index in [9.17, 15) is 13.2 Å². The molecule has 1 heterocycles. The number of nitrogens with zero attached hydrogens (tertiary/aromatic N) is 2. The van der Waals surface area contributed by atoms with Crippen molar-refractivity contribution in [3.63, 3.8) is 0 Å². The van der Waals surface area contributed by atoms with E-state index in [0.29, 0.717) is 17.3 Å². The Morgan fingerprint density at radius 2 is 1.59 bits per heavy atom. The summed E-state index contributed by atoms with van der Waals surface area (Å²) in [5, 5.41) is 0.542. The van der Waals surface area contributed by atoms with Crippen molar-refractivity contribution in [2.24, 2.45) is 0 Å². The highest BCUT2D eigenvalue weighted by Gasteiger charge is 2.44. The average Bonchev–Trinajstić information content (AvgIpc) is 3.27. The van der Waals surface area contributed by atoms with Gasteiger partial charge in [0.2, 0.25) is 0 Å². The van der Waals surface area contributed by atoms with Gasteiger partial charge in [0.15, 0.2) is 0 Å². The standard InChI is InChI=1S/C33H32Cl2N2O3S/c1-23-9-11-25(12-10-23)29-19-20-36(33(29,2)3)32(38)26-13-18-30(35)31(21-26)41(39,40)37(22-24-7-5-4-6-8-24)28-16-14-27(34)15-17-28/h4-18,21,29H,19-20,22H2,1-3H3. The second kappa shape index (κ2) is 11.5. The molecule has 1 atom stereocenters. The molecule has 0 spiro atoms. The van der Waals surface area contributed by atoms with Gasteiger partial charge in [0.1, 0.15) is 4.90 Å². The lowest BCUT2D eigenvalue weighted by Gasteiger charge is -2.36. The van der Waals surface area contributed by atoms with Gasteiger partial charge in [-0.1, -0.05) is 83.4 Å². The molecule has 5 rings (SSSR count). The molecule has 41 heavy (non-hydrogen) atoms. The van der Waals surface area contributed by atoms with Crippen molar-refractivity contribution in [2.45, 2.75) is 50.1 Å². The van der Waals surface area contributed by atoms with Crippen LogP contribution < -0.4 is 4.31 Å². The number of sulfonamides is 1. The van der Waals surface area contributed by atoms with E-state index in [1.807, 2.05) is 35.2 Å². The lowest BCUT2D eigenvalue weighted by Crippen LogP contribution is -2.45. The molecule has 4 aromatic carbocycles. The predicted octanol–water partition coefficient (Wildman–Crippen LogP) is 8.11. The van der Waals surface area contributed by atoms with Crippen molar-refractivity contribution in [3.8, 4) is 0 Å². The number of halogens is 2. The first-order valence-electron chi connectivity index (χ1n) is 13.5. The van der Waals surface area contributed by atoms with Gasteiger partial charge in [0.25, 0.3) is 15.9 Å². The number of carbonyl (C=O) groups is 1. The molecule has 1 aliphatic rings. The van der Waals surface area contributed by atoms with Crippen LogP contribution in [0.25, 0.3) is 0 Å². The zero-order chi connectivity index (χ0) is 29.4. The van der Waals surface area contributed by atoms with Crippen LogP contribution in [0.1, 0.15) is 53.2 Å². The van der Waals surface area contributed by atoms with Crippen molar-refractivity contribution in [1.82, 2.24) is 4.90 Å². The quantitative estimate of drug-likeness (QED) is 0.213. The van der Waals surface area contributed by atoms with E-state index < -0.39 is 15.6 Å². The summed E-state index contributed by atoms with van der Waals surface area (Å²) in [7, 11) is -4.17. The van der Waals surface area contributed by atoms with E-state index in [1.165, 1.54) is 27.6 Å². The molecule has 0 aromatic heterocycles. The van der Waals surface area contributed by atoms with Gasteiger partial charge < -0.3 is 4.90 Å². The third-order valence-corrected chi connectivity index (χ3v) is 10.5. The van der Waals surface area contributed by atoms with E-state index in [2.05, 4.69) is 45.0 Å². The molecule has 1 saturated heterocycles. The van der Waals surface area contributed by atoms with Crippen LogP contribution in [0.2, 0.25) is 10.0 Å². The van der Waals surface area contributed by atoms with Crippen LogP contribution >= 0.6 is 23.2 Å². The molecule has 212 valence electrons. The summed E-state index contributed by atoms with van der Waals surface area (Å²) >= 11 is 12.6. The Bertz CT molecular complexity index is 1660. The number of hydrogen-bond acceptors (Lipinski definition) is 3. The Balaban J connectivity index is 1.50. The molecular weight excluding hydrogens is 575 g/mol. The van der Waals surface area contributed by atoms with Crippen LogP contribution in [-0.2, 0) is 16.6 Å². The number of rotatable bonds is 7. The SMILES string of the molecule is Cc1ccc(C2CCN(C(=O)c3ccc(Cl)c(S(=O)(=O)N(Cc4ccccc4)c4ccc(Cl)cc4)c3)C2(C)C)cc1. The fraction of sp³-hybridized carbons (Fsp3) is 0.242. The smallest absolute Gasteiger partial charge is 0.266 e. The highest BCUT2D eigenvalue weighted by atomic mass is 35.5. The lowest BCUT2D eigenvalue weighted by atomic mass is 9.82. The summed E-state index contributed by atoms with van der Waals surface area (Å²) < 4.78 is 29.7. The zero-order valence-electron chi connectivity index (χ0n) is 23.2. The normalized spacial score (nSPS) is 16.5. The average molecular weight is 608 g/mol. The number of amides is 1. The molecule has 0 bridgehead atoms. The molecule has 0 saturated carbocycles. The summed E-state index contributed by atoms with van der Waals surface area (Å²) in [6, 6.07) is 28.8. The van der Waals surface area contributed by atoms with Gasteiger partial charge in [0, 0.05) is 28.6 Å². The zero-order valence-corrected chi connectivity index (χ0v) is 25.5. The van der Waals surface area contributed by atoms with Crippen LogP contribution in [0.3, 0.4) is 0 Å². The third-order valence-electron chi connectivity index (χ3n) is 7.94. The molecule has 1 fully saturated rings. The minimum absolute atomic E-state index is 0.0480. The second-order valence-electron chi connectivity index (χ2n) is 11.0. The predicted molar refractivity (Wildman–Crippen MR) is 166 cm³/mol. The van der Waals surface area contributed by atoms with Gasteiger partial charge in [-0.05, 0) is 80.8 Å². The highest BCUT2D eigenvalue weighted by Crippen LogP contribution is 2.43. The number of anilines is 1. The molecule has 1 amide bonds. The first-order chi connectivity index (χ1) is 19.5. The van der Waals surface area contributed by atoms with Crippen molar-refractivity contribution >= 4 is 44.8 Å². The largest absolute Gasteiger partial charge is 0.333 e. The molecule has 1 unspecified atom stereocenters. The Morgan fingerprint density at radius 3 is 2.24 bits per heavy atom. The summed E-state index contributed by atoms with van der Waals surface area (Å²) in [6.45, 7) is 6.84. The fourth-order valence-corrected chi connectivity index (χ4v) is 7.69. The number of aryl methyl sites for hydroxylation is 1. The van der Waals surface area contributed by atoms with E-state index >= 15 is 0 Å². The topological polar surface area (TPSA) is 57.7 Å². The molecule has 8 heteroatoms. The van der Waals surface area contributed by atoms with Crippen LogP contribution in [0.15, 0.2) is 102 Å². The van der Waals surface area contributed by atoms with Gasteiger partial charge in [-0.25, -0.2) is 8.42 Å². The number of benzene rings is 4. The van der Waals surface area contributed by atoms with Crippen molar-refractivity contribution in [1.29, 1.82) is 0 Å². The maximum Gasteiger partial charge on any atom is 0.266 e. The van der Waals surface area contributed by atoms with E-state index in [0.717, 1.165) is 12.0 Å². The second-order valence-corrected chi connectivity index (χ2v) is 13.7. The lowest BCUT2D eigenvalue weighted by molar-refractivity contribution is 0.0635. The Hall–Kier alpha value is -3.32. The number of hydrogen-bond donors (Lipinski definition) is 0. The summed E-state index contributed by atoms with van der Waals surface area (Å²) in [6.07, 6.45) is 0.821. The van der Waals surface area contributed by atoms with Gasteiger partial charge in [-0.3, -0.25) is 9.10 Å². The van der Waals surface area contributed by atoms with Gasteiger partial charge >= 0.3 is 0 Å². The van der Waals surface area contributed by atoms with Crippen molar-refractivity contribution in [3.05, 3.63) is 129 Å². The third kappa shape index (κ3) is 5.87. The first kappa shape index (κ1) is 29.2. The van der Waals surface area contributed by atoms with Gasteiger partial charge in [-0.2, -0.15) is 0 Å². The molecular formula is C33H32Cl2N2O3S. The fourth-order valence-electron chi connectivity index (χ4n) is 5.60. The maximum atomic E-state index is 14.2. The molecule has 0 aliphatic carbocycles. The highest BCUT2D eigenvalue weighted by molar-refractivity contribution is 7.93. The molecule has 0 radical (unpaired) electrons. The Kier molecular flexibility index (Phi) is 8.20. The number of likely N-dealkylation sites (tertiary alicyclic amines) is 1. The van der Waals surface area contributed by atoms with Crippen LogP contribution in [-0.4, -0.2) is 31.3 Å². The first-order valence-corrected chi connectivity index (χ1v) is 15.7. The monoisotopic (exact) mass is 606 g/mol. The summed E-state index contributed by atoms with van der Waals surface area (Å²) in [5.41, 5.74) is 3.43. The molecule has 5 nitrogen and oxygen atoms in total. The summed E-state index contributed by atoms with van der Waals surface area (Å²) in [5.74, 6) is -0.0624. The van der Waals surface area contributed by atoms with Gasteiger partial charge in [0.05, 0.1) is 17.3 Å². The maximum absolute atomic E-state index is 14.2. The van der Waals surface area contributed by atoms with Crippen LogP contribution in [0.4, 0.5) is 5.69 Å². The molecule has 0 N–H and O–H groups in total. The van der Waals surface area contributed by atoms with E-state index in [-0.39, 0.29) is 33.9 Å².